The molecular weight excluding hydrogens is 506 g/mol. The van der Waals surface area contributed by atoms with Gasteiger partial charge in [-0.15, -0.1) is 0 Å². The summed E-state index contributed by atoms with van der Waals surface area (Å²) in [7, 11) is -4.49. The Morgan fingerprint density at radius 2 is 1.56 bits per heavy atom. The minimum atomic E-state index is -4.49. The number of carbonyl (C=O) groups excluding carboxylic acids is 2. The van der Waals surface area contributed by atoms with E-state index in [1.807, 2.05) is 0 Å². The number of hydrogen-bond acceptors (Lipinski definition) is 5. The molecule has 0 aliphatic heterocycles. The molecule has 1 saturated carbocycles. The second kappa shape index (κ2) is 10.4. The number of halogens is 4. The Hall–Kier alpha value is -3.19. The van der Waals surface area contributed by atoms with Crippen LogP contribution in [0.15, 0.2) is 35.2 Å². The number of hydrogen-bond donors (Lipinski definition) is 3. The quantitative estimate of drug-likeness (QED) is 0.382. The van der Waals surface area contributed by atoms with Crippen molar-refractivity contribution in [1.82, 2.24) is 10.0 Å². The first kappa shape index (κ1) is 27.4. The van der Waals surface area contributed by atoms with Crippen molar-refractivity contribution in [3.05, 3.63) is 59.2 Å². The van der Waals surface area contributed by atoms with Gasteiger partial charge in [0, 0.05) is 35.5 Å². The Balaban J connectivity index is 1.77. The number of alkyl carbamates (subject to hydrolysis) is 1. The average molecular weight is 532 g/mol. The molecule has 196 valence electrons. The van der Waals surface area contributed by atoms with Gasteiger partial charge < -0.3 is 15.4 Å². The fourth-order valence-corrected chi connectivity index (χ4v) is 5.09. The number of nitrogens with one attached hydrogen (secondary N) is 3. The lowest BCUT2D eigenvalue weighted by molar-refractivity contribution is 0.0499. The molecule has 0 aromatic heterocycles. The minimum Gasteiger partial charge on any atom is -0.444 e. The fraction of sp³-hybridized carbons (Fsp3) is 0.391. The lowest BCUT2D eigenvalue weighted by atomic mass is 10.2. The SMILES string of the molecule is CC(C)(C)OC(=O)N[C@H]1CCC[C@@H]1NS(=O)(=O)c1cc(C(=O)Nc2cc(F)c(F)c(F)c2)ccc1F. The van der Waals surface area contributed by atoms with Crippen molar-refractivity contribution in [1.29, 1.82) is 0 Å². The number of amides is 2. The van der Waals surface area contributed by atoms with Crippen LogP contribution >= 0.6 is 0 Å². The molecule has 3 N–H and O–H groups in total. The molecule has 0 radical (unpaired) electrons. The first-order chi connectivity index (χ1) is 16.7. The van der Waals surface area contributed by atoms with Crippen LogP contribution in [-0.2, 0) is 14.8 Å². The third-order valence-electron chi connectivity index (χ3n) is 5.25. The zero-order valence-corrected chi connectivity index (χ0v) is 20.4. The van der Waals surface area contributed by atoms with E-state index in [2.05, 4.69) is 15.4 Å². The smallest absolute Gasteiger partial charge is 0.407 e. The zero-order chi connectivity index (χ0) is 26.8. The van der Waals surface area contributed by atoms with E-state index in [4.69, 9.17) is 4.74 Å². The van der Waals surface area contributed by atoms with Crippen LogP contribution in [0.25, 0.3) is 0 Å². The summed E-state index contributed by atoms with van der Waals surface area (Å²) in [4.78, 5) is 23.8. The number of anilines is 1. The van der Waals surface area contributed by atoms with Crippen molar-refractivity contribution in [2.45, 2.75) is 62.6 Å². The summed E-state index contributed by atoms with van der Waals surface area (Å²) < 4.78 is 87.9. The lowest BCUT2D eigenvalue weighted by Crippen LogP contribution is -2.49. The Morgan fingerprint density at radius 1 is 0.944 bits per heavy atom. The molecule has 2 atom stereocenters. The van der Waals surface area contributed by atoms with Crippen LogP contribution in [0.1, 0.15) is 50.4 Å². The molecule has 0 spiro atoms. The number of ether oxygens (including phenoxy) is 1. The van der Waals surface area contributed by atoms with E-state index in [9.17, 15) is 35.6 Å². The zero-order valence-electron chi connectivity index (χ0n) is 19.6. The Bertz CT molecular complexity index is 1260. The second-order valence-electron chi connectivity index (χ2n) is 9.26. The molecule has 1 fully saturated rings. The molecule has 0 bridgehead atoms. The van der Waals surface area contributed by atoms with Gasteiger partial charge in [-0.3, -0.25) is 4.79 Å². The normalized spacial score (nSPS) is 18.1. The predicted octanol–water partition coefficient (Wildman–Crippen LogP) is 4.22. The second-order valence-corrected chi connectivity index (χ2v) is 10.9. The van der Waals surface area contributed by atoms with Crippen LogP contribution < -0.4 is 15.4 Å². The summed E-state index contributed by atoms with van der Waals surface area (Å²) in [6.45, 7) is 5.03. The molecule has 0 unspecified atom stereocenters. The minimum absolute atomic E-state index is 0.336. The van der Waals surface area contributed by atoms with Crippen LogP contribution in [0.4, 0.5) is 28.0 Å². The van der Waals surface area contributed by atoms with E-state index < -0.39 is 73.6 Å². The van der Waals surface area contributed by atoms with Crippen LogP contribution in [-0.4, -0.2) is 38.1 Å². The van der Waals surface area contributed by atoms with Crippen molar-refractivity contribution >= 4 is 27.7 Å². The van der Waals surface area contributed by atoms with Gasteiger partial charge >= 0.3 is 6.09 Å². The van der Waals surface area contributed by atoms with E-state index in [0.717, 1.165) is 18.2 Å². The third-order valence-corrected chi connectivity index (χ3v) is 6.75. The van der Waals surface area contributed by atoms with Crippen molar-refractivity contribution in [2.75, 3.05) is 5.32 Å². The van der Waals surface area contributed by atoms with Gasteiger partial charge in [-0.05, 0) is 58.2 Å². The molecule has 3 rings (SSSR count). The third kappa shape index (κ3) is 6.72. The van der Waals surface area contributed by atoms with Crippen LogP contribution in [0.3, 0.4) is 0 Å². The number of benzene rings is 2. The topological polar surface area (TPSA) is 114 Å². The molecule has 1 aliphatic rings. The Morgan fingerprint density at radius 3 is 2.17 bits per heavy atom. The average Bonchev–Trinajstić information content (AvgIpc) is 3.16. The number of rotatable bonds is 6. The molecule has 0 saturated heterocycles. The van der Waals surface area contributed by atoms with E-state index in [-0.39, 0.29) is 5.56 Å². The van der Waals surface area contributed by atoms with Crippen molar-refractivity contribution in [2.24, 2.45) is 0 Å². The van der Waals surface area contributed by atoms with Crippen LogP contribution in [0.5, 0.6) is 0 Å². The van der Waals surface area contributed by atoms with Crippen LogP contribution in [0.2, 0.25) is 0 Å². The predicted molar refractivity (Wildman–Crippen MR) is 122 cm³/mol. The van der Waals surface area contributed by atoms with Crippen molar-refractivity contribution < 1.29 is 40.3 Å². The maximum Gasteiger partial charge on any atom is 0.407 e. The summed E-state index contributed by atoms with van der Waals surface area (Å²) in [5, 5.41) is 4.71. The first-order valence-corrected chi connectivity index (χ1v) is 12.4. The first-order valence-electron chi connectivity index (χ1n) is 10.9. The summed E-state index contributed by atoms with van der Waals surface area (Å²) in [5.41, 5.74) is -1.52. The molecule has 2 aromatic carbocycles. The standard InChI is InChI=1S/C23H25F4N3O5S/c1-23(2,3)35-22(32)29-17-5-4-6-18(17)30-36(33,34)19-9-12(7-8-14(19)24)21(31)28-13-10-15(25)20(27)16(26)11-13/h7-11,17-18,30H,4-6H2,1-3H3,(H,28,31)(H,29,32)/t17-,18-/m0/s1. The van der Waals surface area contributed by atoms with Gasteiger partial charge in [0.15, 0.2) is 17.5 Å². The largest absolute Gasteiger partial charge is 0.444 e. The monoisotopic (exact) mass is 531 g/mol. The van der Waals surface area contributed by atoms with Crippen LogP contribution in [0, 0.1) is 23.3 Å². The summed E-state index contributed by atoms with van der Waals surface area (Å²) in [6, 6.07) is 2.20. The Labute approximate surface area is 205 Å². The molecule has 2 amide bonds. The highest BCUT2D eigenvalue weighted by Gasteiger charge is 2.34. The highest BCUT2D eigenvalue weighted by molar-refractivity contribution is 7.89. The van der Waals surface area contributed by atoms with E-state index in [1.165, 1.54) is 0 Å². The number of carbonyl (C=O) groups is 2. The van der Waals surface area contributed by atoms with Crippen molar-refractivity contribution in [3.63, 3.8) is 0 Å². The maximum absolute atomic E-state index is 14.5. The van der Waals surface area contributed by atoms with Gasteiger partial charge in [-0.1, -0.05) is 0 Å². The molecular formula is C23H25F4N3O5S. The van der Waals surface area contributed by atoms with Gasteiger partial charge in [0.2, 0.25) is 10.0 Å². The lowest BCUT2D eigenvalue weighted by Gasteiger charge is -2.25. The summed E-state index contributed by atoms with van der Waals surface area (Å²) >= 11 is 0. The summed E-state index contributed by atoms with van der Waals surface area (Å²) in [5.74, 6) is -6.96. The van der Waals surface area contributed by atoms with Gasteiger partial charge in [0.1, 0.15) is 16.3 Å². The molecule has 1 aliphatic carbocycles. The molecule has 8 nitrogen and oxygen atoms in total. The van der Waals surface area contributed by atoms with E-state index in [0.29, 0.717) is 31.4 Å². The van der Waals surface area contributed by atoms with E-state index in [1.54, 1.807) is 20.8 Å². The van der Waals surface area contributed by atoms with Gasteiger partial charge in [0.25, 0.3) is 5.91 Å². The van der Waals surface area contributed by atoms with Gasteiger partial charge in [-0.2, -0.15) is 0 Å². The number of sulfonamides is 1. The molecule has 2 aromatic rings. The molecule has 36 heavy (non-hydrogen) atoms. The highest BCUT2D eigenvalue weighted by atomic mass is 32.2. The fourth-order valence-electron chi connectivity index (χ4n) is 3.68. The van der Waals surface area contributed by atoms with E-state index >= 15 is 0 Å². The highest BCUT2D eigenvalue weighted by Crippen LogP contribution is 2.24. The summed E-state index contributed by atoms with van der Waals surface area (Å²) in [6.07, 6.45) is 0.687. The van der Waals surface area contributed by atoms with Crippen molar-refractivity contribution in [3.8, 4) is 0 Å². The molecule has 0 heterocycles. The Kier molecular flexibility index (Phi) is 7.94. The molecule has 13 heteroatoms. The maximum atomic E-state index is 14.5. The van der Waals surface area contributed by atoms with Gasteiger partial charge in [0.05, 0.1) is 0 Å². The van der Waals surface area contributed by atoms with Gasteiger partial charge in [-0.25, -0.2) is 35.5 Å².